The van der Waals surface area contributed by atoms with Crippen molar-refractivity contribution in [3.8, 4) is 11.5 Å². The number of carbonyl (C=O) groups is 2. The third kappa shape index (κ3) is 5.64. The quantitative estimate of drug-likeness (QED) is 0.700. The van der Waals surface area contributed by atoms with Crippen molar-refractivity contribution in [3.63, 3.8) is 0 Å². The van der Waals surface area contributed by atoms with E-state index in [0.29, 0.717) is 36.9 Å². The Labute approximate surface area is 182 Å². The smallest absolute Gasteiger partial charge is 0.243 e. The van der Waals surface area contributed by atoms with E-state index in [4.69, 9.17) is 15.2 Å². The first-order valence-corrected chi connectivity index (χ1v) is 9.78. The average Bonchev–Trinajstić information content (AvgIpc) is 2.76. The Hall–Kier alpha value is -2.77. The fraction of sp³-hybridized carbons (Fsp3) is 0.364. The molecule has 0 aromatic heterocycles. The van der Waals surface area contributed by atoms with Crippen molar-refractivity contribution in [1.82, 2.24) is 4.90 Å². The molecule has 2 aromatic rings. The van der Waals surface area contributed by atoms with E-state index in [9.17, 15) is 9.59 Å². The molecule has 162 valence electrons. The molecule has 1 aliphatic heterocycles. The van der Waals surface area contributed by atoms with Gasteiger partial charge in [0.15, 0.2) is 11.5 Å². The number of fused-ring (bicyclic) bond motifs is 1. The number of nitrogens with two attached hydrogens (primary N) is 1. The largest absolute Gasteiger partial charge is 0.486 e. The SMILES string of the molecule is CCN(CC(=O)Nc1ccc2c(c1)OCCO2)C(=O)C(C)C(N)c1ccccc1.Cl. The zero-order valence-corrected chi connectivity index (χ0v) is 18.0. The van der Waals surface area contributed by atoms with Crippen LogP contribution >= 0.6 is 12.4 Å². The highest BCUT2D eigenvalue weighted by atomic mass is 35.5. The molecule has 2 aromatic carbocycles. The van der Waals surface area contributed by atoms with Gasteiger partial charge in [0, 0.05) is 24.3 Å². The minimum atomic E-state index is -0.445. The molecule has 0 aliphatic carbocycles. The summed E-state index contributed by atoms with van der Waals surface area (Å²) >= 11 is 0. The Balaban J connectivity index is 0.00000320. The number of likely N-dealkylation sites (N-methyl/N-ethyl adjacent to an activating group) is 1. The Bertz CT molecular complexity index is 863. The van der Waals surface area contributed by atoms with Crippen LogP contribution in [0.15, 0.2) is 48.5 Å². The lowest BCUT2D eigenvalue weighted by Crippen LogP contribution is -2.43. The van der Waals surface area contributed by atoms with Gasteiger partial charge in [0.05, 0.1) is 12.5 Å². The number of nitrogens with zero attached hydrogens (tertiary/aromatic N) is 1. The van der Waals surface area contributed by atoms with Crippen LogP contribution in [0.5, 0.6) is 11.5 Å². The van der Waals surface area contributed by atoms with Gasteiger partial charge in [-0.3, -0.25) is 9.59 Å². The molecule has 3 N–H and O–H groups in total. The highest BCUT2D eigenvalue weighted by Crippen LogP contribution is 2.32. The Morgan fingerprint density at radius 1 is 1.10 bits per heavy atom. The third-order valence-electron chi connectivity index (χ3n) is 4.97. The lowest BCUT2D eigenvalue weighted by molar-refractivity contribution is -0.138. The highest BCUT2D eigenvalue weighted by molar-refractivity contribution is 5.95. The number of rotatable bonds is 7. The maximum Gasteiger partial charge on any atom is 0.243 e. The lowest BCUT2D eigenvalue weighted by atomic mass is 9.94. The Kier molecular flexibility index (Phi) is 8.50. The van der Waals surface area contributed by atoms with Gasteiger partial charge in [-0.2, -0.15) is 0 Å². The van der Waals surface area contributed by atoms with Crippen molar-refractivity contribution in [1.29, 1.82) is 0 Å². The van der Waals surface area contributed by atoms with Crippen molar-refractivity contribution >= 4 is 29.9 Å². The van der Waals surface area contributed by atoms with Crippen LogP contribution in [0.3, 0.4) is 0 Å². The third-order valence-corrected chi connectivity index (χ3v) is 4.97. The van der Waals surface area contributed by atoms with Crippen LogP contribution in [0.2, 0.25) is 0 Å². The van der Waals surface area contributed by atoms with E-state index >= 15 is 0 Å². The average molecular weight is 434 g/mol. The number of benzene rings is 2. The van der Waals surface area contributed by atoms with Crippen LogP contribution in [0.25, 0.3) is 0 Å². The minimum absolute atomic E-state index is 0. The highest BCUT2D eigenvalue weighted by Gasteiger charge is 2.27. The summed E-state index contributed by atoms with van der Waals surface area (Å²) in [6.45, 7) is 4.99. The monoisotopic (exact) mass is 433 g/mol. The first kappa shape index (κ1) is 23.5. The summed E-state index contributed by atoms with van der Waals surface area (Å²) in [5.41, 5.74) is 7.77. The Morgan fingerprint density at radius 3 is 2.43 bits per heavy atom. The molecule has 7 nitrogen and oxygen atoms in total. The maximum absolute atomic E-state index is 12.9. The zero-order valence-electron chi connectivity index (χ0n) is 17.2. The number of ether oxygens (including phenoxy) is 2. The molecule has 0 saturated carbocycles. The minimum Gasteiger partial charge on any atom is -0.486 e. The number of halogens is 1. The summed E-state index contributed by atoms with van der Waals surface area (Å²) in [7, 11) is 0. The number of hydrogen-bond acceptors (Lipinski definition) is 5. The number of hydrogen-bond donors (Lipinski definition) is 2. The molecule has 2 unspecified atom stereocenters. The van der Waals surface area contributed by atoms with Gasteiger partial charge in [-0.05, 0) is 24.6 Å². The molecule has 0 spiro atoms. The van der Waals surface area contributed by atoms with Crippen molar-refractivity contribution in [2.45, 2.75) is 19.9 Å². The van der Waals surface area contributed by atoms with Gasteiger partial charge in [-0.25, -0.2) is 0 Å². The predicted octanol–water partition coefficient (Wildman–Crippen LogP) is 3.00. The van der Waals surface area contributed by atoms with Crippen LogP contribution < -0.4 is 20.5 Å². The second-order valence-corrected chi connectivity index (χ2v) is 6.98. The summed E-state index contributed by atoms with van der Waals surface area (Å²) in [6, 6.07) is 14.3. The van der Waals surface area contributed by atoms with Gasteiger partial charge >= 0.3 is 0 Å². The summed E-state index contributed by atoms with van der Waals surface area (Å²) in [4.78, 5) is 26.9. The summed E-state index contributed by atoms with van der Waals surface area (Å²) in [6.07, 6.45) is 0. The van der Waals surface area contributed by atoms with Gasteiger partial charge in [-0.15, -0.1) is 12.4 Å². The standard InChI is InChI=1S/C22H27N3O4.ClH/c1-3-25(22(27)15(2)21(23)16-7-5-4-6-8-16)14-20(26)24-17-9-10-18-19(13-17)29-12-11-28-18;/h4-10,13,15,21H,3,11-12,14,23H2,1-2H3,(H,24,26);1H. The molecular weight excluding hydrogens is 406 g/mol. The van der Waals surface area contributed by atoms with Gasteiger partial charge in [-0.1, -0.05) is 37.3 Å². The van der Waals surface area contributed by atoms with E-state index in [2.05, 4.69) is 5.32 Å². The molecule has 0 saturated heterocycles. The summed E-state index contributed by atoms with van der Waals surface area (Å²) < 4.78 is 11.0. The van der Waals surface area contributed by atoms with Crippen molar-refractivity contribution < 1.29 is 19.1 Å². The second kappa shape index (κ2) is 10.8. The van der Waals surface area contributed by atoms with E-state index < -0.39 is 12.0 Å². The van der Waals surface area contributed by atoms with Gasteiger partial charge < -0.3 is 25.4 Å². The number of anilines is 1. The van der Waals surface area contributed by atoms with Crippen molar-refractivity contribution in [2.24, 2.45) is 11.7 Å². The van der Waals surface area contributed by atoms with E-state index in [-0.39, 0.29) is 30.8 Å². The van der Waals surface area contributed by atoms with Crippen LogP contribution in [0.4, 0.5) is 5.69 Å². The second-order valence-electron chi connectivity index (χ2n) is 6.98. The topological polar surface area (TPSA) is 93.9 Å². The van der Waals surface area contributed by atoms with E-state index in [1.807, 2.05) is 37.3 Å². The molecule has 0 fully saturated rings. The molecule has 0 radical (unpaired) electrons. The summed E-state index contributed by atoms with van der Waals surface area (Å²) in [5.74, 6) is 0.376. The molecule has 2 atom stereocenters. The van der Waals surface area contributed by atoms with Crippen molar-refractivity contribution in [3.05, 3.63) is 54.1 Å². The van der Waals surface area contributed by atoms with E-state index in [1.165, 1.54) is 4.90 Å². The summed E-state index contributed by atoms with van der Waals surface area (Å²) in [5, 5.41) is 2.81. The predicted molar refractivity (Wildman–Crippen MR) is 118 cm³/mol. The maximum atomic E-state index is 12.9. The Morgan fingerprint density at radius 2 is 1.77 bits per heavy atom. The van der Waals surface area contributed by atoms with E-state index in [1.54, 1.807) is 25.1 Å². The molecule has 3 rings (SSSR count). The first-order chi connectivity index (χ1) is 14.0. The zero-order chi connectivity index (χ0) is 20.8. The molecule has 30 heavy (non-hydrogen) atoms. The normalized spacial score (nSPS) is 14.1. The van der Waals surface area contributed by atoms with Crippen LogP contribution in [-0.4, -0.2) is 43.0 Å². The molecule has 2 amide bonds. The number of nitrogens with one attached hydrogen (secondary N) is 1. The van der Waals surface area contributed by atoms with E-state index in [0.717, 1.165) is 5.56 Å². The lowest BCUT2D eigenvalue weighted by Gasteiger charge is -2.27. The molecule has 0 bridgehead atoms. The molecular formula is C22H28ClN3O4. The van der Waals surface area contributed by atoms with Crippen LogP contribution in [0, 0.1) is 5.92 Å². The number of carbonyl (C=O) groups excluding carboxylic acids is 2. The first-order valence-electron chi connectivity index (χ1n) is 9.78. The van der Waals surface area contributed by atoms with Crippen LogP contribution in [0.1, 0.15) is 25.5 Å². The fourth-order valence-corrected chi connectivity index (χ4v) is 3.25. The number of amides is 2. The molecule has 8 heteroatoms. The van der Waals surface area contributed by atoms with Gasteiger partial charge in [0.1, 0.15) is 13.2 Å². The fourth-order valence-electron chi connectivity index (χ4n) is 3.25. The van der Waals surface area contributed by atoms with Gasteiger partial charge in [0.2, 0.25) is 11.8 Å². The van der Waals surface area contributed by atoms with Crippen LogP contribution in [-0.2, 0) is 9.59 Å². The molecule has 1 aliphatic rings. The molecule has 1 heterocycles. The van der Waals surface area contributed by atoms with Gasteiger partial charge in [0.25, 0.3) is 0 Å². The van der Waals surface area contributed by atoms with Crippen molar-refractivity contribution in [2.75, 3.05) is 31.6 Å².